The van der Waals surface area contributed by atoms with Gasteiger partial charge in [-0.3, -0.25) is 9.59 Å². The first kappa shape index (κ1) is 13.5. The first-order valence-corrected chi connectivity index (χ1v) is 6.73. The molecule has 0 aromatic heterocycles. The van der Waals surface area contributed by atoms with Gasteiger partial charge in [-0.05, 0) is 42.7 Å². The standard InChI is InChI=1S/C17H15NO3/c1-10-6-7-11(2)15-14(10)16(20)18(17(15)21)13-5-3-4-12(8-13)9-19/h3-8,19H,9H2,1-2H3. The Morgan fingerprint density at radius 2 is 1.52 bits per heavy atom. The molecule has 3 rings (SSSR count). The van der Waals surface area contributed by atoms with Gasteiger partial charge in [0.15, 0.2) is 0 Å². The highest BCUT2D eigenvalue weighted by Crippen LogP contribution is 2.32. The van der Waals surface area contributed by atoms with Crippen LogP contribution in [0.4, 0.5) is 5.69 Å². The topological polar surface area (TPSA) is 57.6 Å². The lowest BCUT2D eigenvalue weighted by atomic mass is 9.99. The Morgan fingerprint density at radius 3 is 2.05 bits per heavy atom. The highest BCUT2D eigenvalue weighted by Gasteiger charge is 2.38. The van der Waals surface area contributed by atoms with E-state index in [0.717, 1.165) is 11.1 Å². The predicted molar refractivity (Wildman–Crippen MR) is 79.4 cm³/mol. The number of aliphatic hydroxyl groups is 1. The van der Waals surface area contributed by atoms with E-state index in [1.54, 1.807) is 24.3 Å². The summed E-state index contributed by atoms with van der Waals surface area (Å²) in [7, 11) is 0. The predicted octanol–water partition coefficient (Wildman–Crippen LogP) is 2.60. The van der Waals surface area contributed by atoms with Crippen LogP contribution in [0.15, 0.2) is 36.4 Å². The van der Waals surface area contributed by atoms with Crippen molar-refractivity contribution in [2.75, 3.05) is 4.90 Å². The van der Waals surface area contributed by atoms with E-state index in [1.807, 2.05) is 26.0 Å². The van der Waals surface area contributed by atoms with Gasteiger partial charge in [0, 0.05) is 0 Å². The zero-order valence-electron chi connectivity index (χ0n) is 11.9. The van der Waals surface area contributed by atoms with E-state index in [4.69, 9.17) is 0 Å². The van der Waals surface area contributed by atoms with Gasteiger partial charge in [-0.2, -0.15) is 0 Å². The number of carbonyl (C=O) groups excluding carboxylic acids is 2. The lowest BCUT2D eigenvalue weighted by molar-refractivity contribution is 0.0926. The van der Waals surface area contributed by atoms with E-state index in [9.17, 15) is 14.7 Å². The largest absolute Gasteiger partial charge is 0.392 e. The Hall–Kier alpha value is -2.46. The second kappa shape index (κ2) is 4.82. The summed E-state index contributed by atoms with van der Waals surface area (Å²) in [5.74, 6) is -0.599. The molecular weight excluding hydrogens is 266 g/mol. The molecule has 1 aliphatic rings. The number of rotatable bonds is 2. The highest BCUT2D eigenvalue weighted by atomic mass is 16.3. The van der Waals surface area contributed by atoms with E-state index in [2.05, 4.69) is 0 Å². The Labute approximate surface area is 122 Å². The van der Waals surface area contributed by atoms with E-state index in [0.29, 0.717) is 22.4 Å². The van der Waals surface area contributed by atoms with Crippen LogP contribution in [0, 0.1) is 13.8 Å². The van der Waals surface area contributed by atoms with Crippen molar-refractivity contribution >= 4 is 17.5 Å². The van der Waals surface area contributed by atoms with Crippen LogP contribution in [0.25, 0.3) is 0 Å². The van der Waals surface area contributed by atoms with Crippen molar-refractivity contribution in [3.05, 3.63) is 64.2 Å². The molecular formula is C17H15NO3. The maximum Gasteiger partial charge on any atom is 0.266 e. The van der Waals surface area contributed by atoms with Crippen molar-refractivity contribution in [1.82, 2.24) is 0 Å². The zero-order valence-corrected chi connectivity index (χ0v) is 11.9. The Morgan fingerprint density at radius 1 is 0.952 bits per heavy atom. The van der Waals surface area contributed by atoms with E-state index < -0.39 is 0 Å². The molecule has 21 heavy (non-hydrogen) atoms. The fourth-order valence-corrected chi connectivity index (χ4v) is 2.71. The summed E-state index contributed by atoms with van der Waals surface area (Å²) in [4.78, 5) is 26.4. The van der Waals surface area contributed by atoms with Crippen LogP contribution in [0.5, 0.6) is 0 Å². The lowest BCUT2D eigenvalue weighted by Crippen LogP contribution is -2.29. The molecule has 0 saturated heterocycles. The number of aliphatic hydroxyl groups excluding tert-OH is 1. The summed E-state index contributed by atoms with van der Waals surface area (Å²) < 4.78 is 0. The maximum atomic E-state index is 12.6. The van der Waals surface area contributed by atoms with Crippen LogP contribution in [0.3, 0.4) is 0 Å². The molecule has 2 aromatic rings. The fraction of sp³-hybridized carbons (Fsp3) is 0.176. The van der Waals surface area contributed by atoms with Gasteiger partial charge in [0.05, 0.1) is 23.4 Å². The summed E-state index contributed by atoms with van der Waals surface area (Å²) in [6.07, 6.45) is 0. The number of carbonyl (C=O) groups is 2. The first-order chi connectivity index (χ1) is 10.0. The van der Waals surface area contributed by atoms with Crippen molar-refractivity contribution in [2.24, 2.45) is 0 Å². The van der Waals surface area contributed by atoms with Crippen molar-refractivity contribution in [3.63, 3.8) is 0 Å². The molecule has 0 bridgehead atoms. The number of hydrogen-bond acceptors (Lipinski definition) is 3. The minimum Gasteiger partial charge on any atom is -0.392 e. The van der Waals surface area contributed by atoms with Crippen LogP contribution >= 0.6 is 0 Å². The molecule has 0 aliphatic carbocycles. The van der Waals surface area contributed by atoms with Crippen LogP contribution < -0.4 is 4.90 Å². The number of nitrogens with zero attached hydrogens (tertiary/aromatic N) is 1. The SMILES string of the molecule is Cc1ccc(C)c2c1C(=O)N(c1cccc(CO)c1)C2=O. The average Bonchev–Trinajstić information content (AvgIpc) is 2.75. The molecule has 0 atom stereocenters. The monoisotopic (exact) mass is 281 g/mol. The third-order valence-corrected chi connectivity index (χ3v) is 3.81. The van der Waals surface area contributed by atoms with Gasteiger partial charge in [-0.15, -0.1) is 0 Å². The van der Waals surface area contributed by atoms with Crippen molar-refractivity contribution < 1.29 is 14.7 Å². The molecule has 0 spiro atoms. The minimum atomic E-state index is -0.300. The molecule has 1 heterocycles. The molecule has 4 nitrogen and oxygen atoms in total. The Kier molecular flexibility index (Phi) is 3.11. The van der Waals surface area contributed by atoms with Gasteiger partial charge in [0.25, 0.3) is 11.8 Å². The van der Waals surface area contributed by atoms with E-state index in [-0.39, 0.29) is 18.4 Å². The quantitative estimate of drug-likeness (QED) is 0.861. The molecule has 2 aromatic carbocycles. The second-order valence-electron chi connectivity index (χ2n) is 5.22. The third-order valence-electron chi connectivity index (χ3n) is 3.81. The zero-order chi connectivity index (χ0) is 15.1. The minimum absolute atomic E-state index is 0.130. The summed E-state index contributed by atoms with van der Waals surface area (Å²) in [6.45, 7) is 3.53. The number of fused-ring (bicyclic) bond motifs is 1. The molecule has 4 heteroatoms. The summed E-state index contributed by atoms with van der Waals surface area (Å²) in [6, 6.07) is 10.5. The van der Waals surface area contributed by atoms with Gasteiger partial charge in [0.1, 0.15) is 0 Å². The normalized spacial score (nSPS) is 13.8. The van der Waals surface area contributed by atoms with Crippen LogP contribution in [-0.4, -0.2) is 16.9 Å². The molecule has 0 radical (unpaired) electrons. The van der Waals surface area contributed by atoms with Gasteiger partial charge < -0.3 is 5.11 Å². The Bertz CT molecular complexity index is 724. The summed E-state index contributed by atoms with van der Waals surface area (Å²) in [5, 5.41) is 9.21. The average molecular weight is 281 g/mol. The van der Waals surface area contributed by atoms with E-state index in [1.165, 1.54) is 4.90 Å². The second-order valence-corrected chi connectivity index (χ2v) is 5.22. The highest BCUT2D eigenvalue weighted by molar-refractivity contribution is 6.35. The number of anilines is 1. The van der Waals surface area contributed by atoms with Crippen molar-refractivity contribution in [1.29, 1.82) is 0 Å². The molecule has 0 fully saturated rings. The molecule has 1 aliphatic heterocycles. The smallest absolute Gasteiger partial charge is 0.266 e. The number of hydrogen-bond donors (Lipinski definition) is 1. The van der Waals surface area contributed by atoms with Crippen LogP contribution in [-0.2, 0) is 6.61 Å². The van der Waals surface area contributed by atoms with Gasteiger partial charge in [-0.1, -0.05) is 24.3 Å². The number of amides is 2. The molecule has 106 valence electrons. The summed E-state index contributed by atoms with van der Waals surface area (Å²) in [5.41, 5.74) is 3.72. The van der Waals surface area contributed by atoms with Crippen molar-refractivity contribution in [2.45, 2.75) is 20.5 Å². The number of benzene rings is 2. The summed E-state index contributed by atoms with van der Waals surface area (Å²) >= 11 is 0. The van der Waals surface area contributed by atoms with Gasteiger partial charge >= 0.3 is 0 Å². The molecule has 0 saturated carbocycles. The molecule has 0 unspecified atom stereocenters. The third kappa shape index (κ3) is 1.96. The van der Waals surface area contributed by atoms with Gasteiger partial charge in [0.2, 0.25) is 0 Å². The molecule has 2 amide bonds. The van der Waals surface area contributed by atoms with Crippen molar-refractivity contribution in [3.8, 4) is 0 Å². The maximum absolute atomic E-state index is 12.6. The number of aryl methyl sites for hydroxylation is 2. The van der Waals surface area contributed by atoms with Crippen LogP contribution in [0.2, 0.25) is 0 Å². The lowest BCUT2D eigenvalue weighted by Gasteiger charge is -2.14. The number of imide groups is 1. The van der Waals surface area contributed by atoms with E-state index >= 15 is 0 Å². The first-order valence-electron chi connectivity index (χ1n) is 6.73. The Balaban J connectivity index is 2.16. The molecule has 1 N–H and O–H groups in total. The van der Waals surface area contributed by atoms with Gasteiger partial charge in [-0.25, -0.2) is 4.90 Å². The fourth-order valence-electron chi connectivity index (χ4n) is 2.71. The van der Waals surface area contributed by atoms with Crippen LogP contribution in [0.1, 0.15) is 37.4 Å².